The number of aryl methyl sites for hydroxylation is 1. The second kappa shape index (κ2) is 10.2. The van der Waals surface area contributed by atoms with Gasteiger partial charge in [-0.2, -0.15) is 5.10 Å². The van der Waals surface area contributed by atoms with Crippen molar-refractivity contribution < 1.29 is 9.53 Å². The molecule has 1 N–H and O–H groups in total. The molecule has 0 spiro atoms. The van der Waals surface area contributed by atoms with Gasteiger partial charge in [-0.05, 0) is 63.3 Å². The highest BCUT2D eigenvalue weighted by Gasteiger charge is 2.18. The molecule has 0 bridgehead atoms. The second-order valence-electron chi connectivity index (χ2n) is 8.24. The van der Waals surface area contributed by atoms with E-state index in [1.807, 2.05) is 24.6 Å². The maximum atomic E-state index is 12.5. The molecule has 174 valence electrons. The topological polar surface area (TPSA) is 85.2 Å². The fraction of sp³-hybridized carbons (Fsp3) is 0.417. The third-order valence-corrected chi connectivity index (χ3v) is 6.31. The third-order valence-electron chi connectivity index (χ3n) is 6.01. The summed E-state index contributed by atoms with van der Waals surface area (Å²) in [6.07, 6.45) is 6.16. The Hall–Kier alpha value is -3.13. The predicted molar refractivity (Wildman–Crippen MR) is 130 cm³/mol. The first-order valence-electron chi connectivity index (χ1n) is 11.2. The molecule has 1 aliphatic heterocycles. The molecule has 2 aromatic heterocycles. The van der Waals surface area contributed by atoms with Gasteiger partial charge in [0, 0.05) is 37.0 Å². The molecule has 1 aliphatic rings. The zero-order chi connectivity index (χ0) is 23.4. The number of benzene rings is 1. The highest BCUT2D eigenvalue weighted by Crippen LogP contribution is 2.27. The van der Waals surface area contributed by atoms with Crippen molar-refractivity contribution >= 4 is 29.0 Å². The molecule has 3 heterocycles. The van der Waals surface area contributed by atoms with Crippen molar-refractivity contribution in [2.45, 2.75) is 46.0 Å². The predicted octanol–water partition coefficient (Wildman–Crippen LogP) is 4.50. The average molecular weight is 469 g/mol. The van der Waals surface area contributed by atoms with E-state index < -0.39 is 0 Å². The fourth-order valence-corrected chi connectivity index (χ4v) is 4.47. The van der Waals surface area contributed by atoms with Gasteiger partial charge in [0.15, 0.2) is 5.82 Å². The Balaban J connectivity index is 1.44. The number of amides is 1. The lowest BCUT2D eigenvalue weighted by molar-refractivity contribution is -0.116. The van der Waals surface area contributed by atoms with Gasteiger partial charge in [0.25, 0.3) is 0 Å². The summed E-state index contributed by atoms with van der Waals surface area (Å²) in [7, 11) is 1.56. The molecular formula is C24H29ClN6O2. The third kappa shape index (κ3) is 5.27. The van der Waals surface area contributed by atoms with Crippen LogP contribution in [-0.2, 0) is 11.2 Å². The molecule has 1 fully saturated rings. The lowest BCUT2D eigenvalue weighted by atomic mass is 10.1. The van der Waals surface area contributed by atoms with E-state index in [-0.39, 0.29) is 5.91 Å². The van der Waals surface area contributed by atoms with Crippen molar-refractivity contribution in [3.05, 3.63) is 52.6 Å². The molecule has 1 aromatic carbocycles. The summed E-state index contributed by atoms with van der Waals surface area (Å²) in [6, 6.07) is 7.18. The van der Waals surface area contributed by atoms with E-state index >= 15 is 0 Å². The standard InChI is InChI=1S/C24H29ClN6O2/c1-16-19(8-10-24(32)28-18-7-9-21(33-3)20(25)13-18)17(2)31(29-16)23-14-22(26-15-27-23)30-11-5-4-6-12-30/h7,9,13-15H,4-6,8,10-12H2,1-3H3,(H,28,32). The van der Waals surface area contributed by atoms with Crippen LogP contribution in [0, 0.1) is 13.8 Å². The summed E-state index contributed by atoms with van der Waals surface area (Å²) < 4.78 is 7.00. The summed E-state index contributed by atoms with van der Waals surface area (Å²) in [5, 5.41) is 8.05. The zero-order valence-electron chi connectivity index (χ0n) is 19.3. The Morgan fingerprint density at radius 2 is 1.88 bits per heavy atom. The van der Waals surface area contributed by atoms with Crippen LogP contribution in [-0.4, -0.2) is 45.9 Å². The maximum Gasteiger partial charge on any atom is 0.224 e. The van der Waals surface area contributed by atoms with Gasteiger partial charge >= 0.3 is 0 Å². The quantitative estimate of drug-likeness (QED) is 0.549. The van der Waals surface area contributed by atoms with Crippen LogP contribution >= 0.6 is 11.6 Å². The lowest BCUT2D eigenvalue weighted by Gasteiger charge is -2.27. The van der Waals surface area contributed by atoms with Gasteiger partial charge in [-0.25, -0.2) is 14.6 Å². The SMILES string of the molecule is COc1ccc(NC(=O)CCc2c(C)nn(-c3cc(N4CCCCC4)ncn3)c2C)cc1Cl. The molecule has 0 unspecified atom stereocenters. The molecule has 0 saturated carbocycles. The summed E-state index contributed by atoms with van der Waals surface area (Å²) in [5.41, 5.74) is 3.57. The molecular weight excluding hydrogens is 440 g/mol. The number of nitrogens with zero attached hydrogens (tertiary/aromatic N) is 5. The van der Waals surface area contributed by atoms with Crippen molar-refractivity contribution in [2.75, 3.05) is 30.4 Å². The first-order chi connectivity index (χ1) is 16.0. The van der Waals surface area contributed by atoms with E-state index in [9.17, 15) is 4.79 Å². The van der Waals surface area contributed by atoms with E-state index in [1.165, 1.54) is 19.3 Å². The Kier molecular flexibility index (Phi) is 7.13. The Bertz CT molecular complexity index is 1140. The van der Waals surface area contributed by atoms with E-state index in [0.29, 0.717) is 29.3 Å². The number of carbonyl (C=O) groups is 1. The van der Waals surface area contributed by atoms with Crippen molar-refractivity contribution in [1.82, 2.24) is 19.7 Å². The molecule has 9 heteroatoms. The Morgan fingerprint density at radius 3 is 2.61 bits per heavy atom. The monoisotopic (exact) mass is 468 g/mol. The van der Waals surface area contributed by atoms with Crippen molar-refractivity contribution in [3.8, 4) is 11.6 Å². The van der Waals surface area contributed by atoms with Crippen LogP contribution in [0.5, 0.6) is 5.75 Å². The summed E-state index contributed by atoms with van der Waals surface area (Å²) in [6.45, 7) is 6.02. The molecule has 33 heavy (non-hydrogen) atoms. The van der Waals surface area contributed by atoms with Crippen LogP contribution in [0.15, 0.2) is 30.6 Å². The van der Waals surface area contributed by atoms with Crippen molar-refractivity contribution in [2.24, 2.45) is 0 Å². The van der Waals surface area contributed by atoms with Gasteiger partial charge in [-0.15, -0.1) is 0 Å². The zero-order valence-corrected chi connectivity index (χ0v) is 20.0. The highest BCUT2D eigenvalue weighted by atomic mass is 35.5. The highest BCUT2D eigenvalue weighted by molar-refractivity contribution is 6.32. The Morgan fingerprint density at radius 1 is 1.12 bits per heavy atom. The number of anilines is 2. The van der Waals surface area contributed by atoms with Crippen LogP contribution in [0.4, 0.5) is 11.5 Å². The maximum absolute atomic E-state index is 12.5. The fourth-order valence-electron chi connectivity index (χ4n) is 4.21. The number of aromatic nitrogens is 4. The van der Waals surface area contributed by atoms with Crippen molar-refractivity contribution in [1.29, 1.82) is 0 Å². The number of nitrogens with one attached hydrogen (secondary N) is 1. The van der Waals surface area contributed by atoms with Crippen LogP contribution in [0.25, 0.3) is 5.82 Å². The van der Waals surface area contributed by atoms with E-state index in [0.717, 1.165) is 41.7 Å². The molecule has 8 nitrogen and oxygen atoms in total. The van der Waals surface area contributed by atoms with Gasteiger partial charge in [-0.3, -0.25) is 4.79 Å². The van der Waals surface area contributed by atoms with Gasteiger partial charge < -0.3 is 15.0 Å². The summed E-state index contributed by atoms with van der Waals surface area (Å²) in [4.78, 5) is 23.8. The number of piperidine rings is 1. The molecule has 0 aliphatic carbocycles. The van der Waals surface area contributed by atoms with Crippen LogP contribution in [0.3, 0.4) is 0 Å². The number of rotatable bonds is 7. The van der Waals surface area contributed by atoms with Crippen LogP contribution in [0.1, 0.15) is 42.6 Å². The molecule has 1 amide bonds. The van der Waals surface area contributed by atoms with Gasteiger partial charge in [-0.1, -0.05) is 11.6 Å². The number of hydrogen-bond donors (Lipinski definition) is 1. The summed E-state index contributed by atoms with van der Waals surface area (Å²) >= 11 is 6.15. The van der Waals surface area contributed by atoms with Crippen molar-refractivity contribution in [3.63, 3.8) is 0 Å². The lowest BCUT2D eigenvalue weighted by Crippen LogP contribution is -2.30. The minimum Gasteiger partial charge on any atom is -0.495 e. The smallest absolute Gasteiger partial charge is 0.224 e. The number of ether oxygens (including phenoxy) is 1. The molecule has 4 rings (SSSR count). The number of methoxy groups -OCH3 is 1. The van der Waals surface area contributed by atoms with Crippen LogP contribution in [0.2, 0.25) is 5.02 Å². The van der Waals surface area contributed by atoms with Gasteiger partial charge in [0.05, 0.1) is 17.8 Å². The number of carbonyl (C=O) groups excluding carboxylic acids is 1. The average Bonchev–Trinajstić information content (AvgIpc) is 3.11. The molecule has 3 aromatic rings. The van der Waals surface area contributed by atoms with Crippen LogP contribution < -0.4 is 15.0 Å². The van der Waals surface area contributed by atoms with E-state index in [4.69, 9.17) is 21.4 Å². The summed E-state index contributed by atoms with van der Waals surface area (Å²) in [5.74, 6) is 2.17. The second-order valence-corrected chi connectivity index (χ2v) is 8.65. The normalized spacial score (nSPS) is 13.8. The minimum atomic E-state index is -0.0859. The molecule has 0 atom stereocenters. The van der Waals surface area contributed by atoms with E-state index in [2.05, 4.69) is 20.2 Å². The first kappa shape index (κ1) is 23.0. The largest absolute Gasteiger partial charge is 0.495 e. The molecule has 0 radical (unpaired) electrons. The van der Waals surface area contributed by atoms with E-state index in [1.54, 1.807) is 31.6 Å². The Labute approximate surface area is 198 Å². The van der Waals surface area contributed by atoms with Gasteiger partial charge in [0.1, 0.15) is 17.9 Å². The number of hydrogen-bond acceptors (Lipinski definition) is 6. The first-order valence-corrected chi connectivity index (χ1v) is 11.6. The molecule has 1 saturated heterocycles. The number of halogens is 1. The van der Waals surface area contributed by atoms with Gasteiger partial charge in [0.2, 0.25) is 5.91 Å². The minimum absolute atomic E-state index is 0.0859.